The van der Waals surface area contributed by atoms with E-state index in [9.17, 15) is 13.2 Å². The lowest BCUT2D eigenvalue weighted by Gasteiger charge is -2.12. The van der Waals surface area contributed by atoms with E-state index in [1.807, 2.05) is 36.4 Å². The third-order valence-corrected chi connectivity index (χ3v) is 7.81. The molecule has 1 amide bonds. The summed E-state index contributed by atoms with van der Waals surface area (Å²) in [5.41, 5.74) is 1.43. The van der Waals surface area contributed by atoms with E-state index in [0.29, 0.717) is 10.6 Å². The summed E-state index contributed by atoms with van der Waals surface area (Å²) < 4.78 is 29.1. The van der Waals surface area contributed by atoms with E-state index in [1.165, 1.54) is 17.0 Å². The number of benzene rings is 1. The van der Waals surface area contributed by atoms with Gasteiger partial charge in [-0.3, -0.25) is 9.69 Å². The SMILES string of the molecule is C=CCN1C(=O)/C(=C/c2ccc3ccccc3n2)SC1=NS(=O)(=O)c1cccs1. The lowest BCUT2D eigenvalue weighted by atomic mass is 10.2. The molecule has 9 heteroatoms. The second kappa shape index (κ2) is 7.94. The van der Waals surface area contributed by atoms with Gasteiger partial charge in [-0.15, -0.1) is 22.3 Å². The number of fused-ring (bicyclic) bond motifs is 1. The van der Waals surface area contributed by atoms with E-state index in [0.717, 1.165) is 34.0 Å². The number of carbonyl (C=O) groups excluding carboxylic acids is 1. The van der Waals surface area contributed by atoms with Crippen LogP contribution >= 0.6 is 23.1 Å². The van der Waals surface area contributed by atoms with E-state index >= 15 is 0 Å². The monoisotopic (exact) mass is 441 g/mol. The molecule has 1 aliphatic heterocycles. The fraction of sp³-hybridized carbons (Fsp3) is 0.0500. The largest absolute Gasteiger partial charge is 0.294 e. The summed E-state index contributed by atoms with van der Waals surface area (Å²) in [5, 5.41) is 2.77. The Bertz CT molecular complexity index is 1260. The number of sulfonamides is 1. The van der Waals surface area contributed by atoms with E-state index in [4.69, 9.17) is 0 Å². The molecule has 1 fully saturated rings. The quantitative estimate of drug-likeness (QED) is 0.439. The smallest absolute Gasteiger partial charge is 0.282 e. The topological polar surface area (TPSA) is 79.7 Å². The minimum Gasteiger partial charge on any atom is -0.282 e. The molecule has 4 rings (SSSR count). The Labute approximate surface area is 176 Å². The van der Waals surface area contributed by atoms with Crippen LogP contribution in [0, 0.1) is 0 Å². The fourth-order valence-corrected chi connectivity index (χ4v) is 5.86. The fourth-order valence-electron chi connectivity index (χ4n) is 2.72. The molecule has 1 aliphatic rings. The first-order valence-corrected chi connectivity index (χ1v) is 11.7. The molecular weight excluding hydrogens is 426 g/mol. The van der Waals surface area contributed by atoms with Crippen molar-refractivity contribution in [1.82, 2.24) is 9.88 Å². The summed E-state index contributed by atoms with van der Waals surface area (Å²) in [6.07, 6.45) is 3.18. The molecular formula is C20H15N3O3S3. The van der Waals surface area contributed by atoms with Gasteiger partial charge in [-0.1, -0.05) is 36.4 Å². The molecule has 3 heterocycles. The van der Waals surface area contributed by atoms with Gasteiger partial charge in [0.25, 0.3) is 15.9 Å². The van der Waals surface area contributed by atoms with Gasteiger partial charge >= 0.3 is 0 Å². The number of nitrogens with zero attached hydrogens (tertiary/aromatic N) is 3. The van der Waals surface area contributed by atoms with Crippen LogP contribution in [-0.4, -0.2) is 35.9 Å². The predicted molar refractivity (Wildman–Crippen MR) is 118 cm³/mol. The number of hydrogen-bond acceptors (Lipinski definition) is 6. The molecule has 0 atom stereocenters. The number of aromatic nitrogens is 1. The van der Waals surface area contributed by atoms with Crippen molar-refractivity contribution in [2.24, 2.45) is 4.40 Å². The zero-order valence-electron chi connectivity index (χ0n) is 15.1. The van der Waals surface area contributed by atoms with Gasteiger partial charge < -0.3 is 0 Å². The molecule has 0 spiro atoms. The number of amidine groups is 1. The minimum absolute atomic E-state index is 0.107. The van der Waals surface area contributed by atoms with Gasteiger partial charge in [-0.2, -0.15) is 8.42 Å². The Morgan fingerprint density at radius 3 is 2.72 bits per heavy atom. The van der Waals surface area contributed by atoms with E-state index in [1.54, 1.807) is 17.5 Å². The maximum absolute atomic E-state index is 12.8. The average Bonchev–Trinajstić information content (AvgIpc) is 3.34. The molecule has 146 valence electrons. The van der Waals surface area contributed by atoms with Crippen molar-refractivity contribution in [2.45, 2.75) is 4.21 Å². The number of hydrogen-bond donors (Lipinski definition) is 0. The van der Waals surface area contributed by atoms with E-state index in [2.05, 4.69) is 16.0 Å². The summed E-state index contributed by atoms with van der Waals surface area (Å²) in [7, 11) is -3.89. The van der Waals surface area contributed by atoms with Crippen LogP contribution in [0.15, 0.2) is 80.1 Å². The summed E-state index contributed by atoms with van der Waals surface area (Å²) in [5.74, 6) is -0.329. The molecule has 6 nitrogen and oxygen atoms in total. The van der Waals surface area contributed by atoms with Gasteiger partial charge in [0.1, 0.15) is 4.21 Å². The molecule has 0 radical (unpaired) electrons. The van der Waals surface area contributed by atoms with Crippen molar-refractivity contribution in [3.05, 3.63) is 77.2 Å². The maximum Gasteiger partial charge on any atom is 0.294 e. The third-order valence-electron chi connectivity index (χ3n) is 4.05. The van der Waals surface area contributed by atoms with Crippen LogP contribution in [0.4, 0.5) is 0 Å². The molecule has 29 heavy (non-hydrogen) atoms. The number of rotatable bonds is 5. The normalized spacial score (nSPS) is 17.5. The van der Waals surface area contributed by atoms with Crippen molar-refractivity contribution >= 4 is 61.2 Å². The van der Waals surface area contributed by atoms with Gasteiger partial charge in [0.05, 0.1) is 16.1 Å². The molecule has 0 bridgehead atoms. The molecule has 2 aromatic heterocycles. The molecule has 3 aromatic rings. The van der Waals surface area contributed by atoms with Gasteiger partial charge in [0.2, 0.25) is 0 Å². The average molecular weight is 442 g/mol. The Balaban J connectivity index is 1.72. The number of thioether (sulfide) groups is 1. The number of amides is 1. The minimum atomic E-state index is -3.89. The third kappa shape index (κ3) is 4.02. The number of pyridine rings is 1. The Hall–Kier alpha value is -2.75. The van der Waals surface area contributed by atoms with Crippen LogP contribution in [0.2, 0.25) is 0 Å². The number of thiophene rings is 1. The maximum atomic E-state index is 12.8. The lowest BCUT2D eigenvalue weighted by molar-refractivity contribution is -0.121. The van der Waals surface area contributed by atoms with Gasteiger partial charge in [0, 0.05) is 11.9 Å². The standard InChI is InChI=1S/C20H15N3O3S3/c1-2-11-23-19(24)17(13-15-10-9-14-6-3-4-7-16(14)21-15)28-20(23)22-29(25,26)18-8-5-12-27-18/h2-10,12-13H,1,11H2/b17-13-,22-20?. The molecule has 0 N–H and O–H groups in total. The van der Waals surface area contributed by atoms with Crippen LogP contribution < -0.4 is 0 Å². The van der Waals surface area contributed by atoms with Crippen molar-refractivity contribution in [3.8, 4) is 0 Å². The van der Waals surface area contributed by atoms with Gasteiger partial charge in [0.15, 0.2) is 5.17 Å². The molecule has 1 aromatic carbocycles. The van der Waals surface area contributed by atoms with Crippen LogP contribution in [0.3, 0.4) is 0 Å². The molecule has 1 saturated heterocycles. The number of para-hydroxylation sites is 1. The highest BCUT2D eigenvalue weighted by Crippen LogP contribution is 2.34. The van der Waals surface area contributed by atoms with Crippen LogP contribution in [0.5, 0.6) is 0 Å². The first kappa shape index (κ1) is 19.6. The molecule has 0 aliphatic carbocycles. The van der Waals surface area contributed by atoms with Crippen LogP contribution in [0.1, 0.15) is 5.69 Å². The summed E-state index contributed by atoms with van der Waals surface area (Å²) >= 11 is 2.10. The Morgan fingerprint density at radius 1 is 1.14 bits per heavy atom. The van der Waals surface area contributed by atoms with Crippen molar-refractivity contribution in [3.63, 3.8) is 0 Å². The first-order valence-electron chi connectivity index (χ1n) is 8.54. The van der Waals surface area contributed by atoms with E-state index in [-0.39, 0.29) is 21.8 Å². The first-order chi connectivity index (χ1) is 14.0. The Morgan fingerprint density at radius 2 is 1.97 bits per heavy atom. The second-order valence-electron chi connectivity index (χ2n) is 6.02. The van der Waals surface area contributed by atoms with Gasteiger partial charge in [-0.25, -0.2) is 4.98 Å². The second-order valence-corrected chi connectivity index (χ2v) is 9.81. The summed E-state index contributed by atoms with van der Waals surface area (Å²) in [6, 6.07) is 14.6. The van der Waals surface area contributed by atoms with Crippen molar-refractivity contribution in [2.75, 3.05) is 6.54 Å². The van der Waals surface area contributed by atoms with Gasteiger partial charge in [-0.05, 0) is 41.4 Å². The van der Waals surface area contributed by atoms with Crippen molar-refractivity contribution in [1.29, 1.82) is 0 Å². The highest BCUT2D eigenvalue weighted by molar-refractivity contribution is 8.19. The zero-order valence-corrected chi connectivity index (χ0v) is 17.5. The lowest BCUT2D eigenvalue weighted by Crippen LogP contribution is -2.29. The predicted octanol–water partition coefficient (Wildman–Crippen LogP) is 4.14. The van der Waals surface area contributed by atoms with E-state index < -0.39 is 10.0 Å². The van der Waals surface area contributed by atoms with Crippen LogP contribution in [0.25, 0.3) is 17.0 Å². The summed E-state index contributed by atoms with van der Waals surface area (Å²) in [6.45, 7) is 3.81. The zero-order chi connectivity index (χ0) is 20.4. The summed E-state index contributed by atoms with van der Waals surface area (Å²) in [4.78, 5) is 19.0. The molecule has 0 unspecified atom stereocenters. The van der Waals surface area contributed by atoms with Crippen molar-refractivity contribution < 1.29 is 13.2 Å². The Kier molecular flexibility index (Phi) is 5.35. The highest BCUT2D eigenvalue weighted by atomic mass is 32.2. The molecule has 0 saturated carbocycles. The highest BCUT2D eigenvalue weighted by Gasteiger charge is 2.34. The number of carbonyl (C=O) groups is 1. The van der Waals surface area contributed by atoms with Crippen LogP contribution in [-0.2, 0) is 14.8 Å².